The molecule has 1 heterocycles. The minimum Gasteiger partial charge on any atom is -0.379 e. The maximum atomic E-state index is 11.4. The van der Waals surface area contributed by atoms with Crippen LogP contribution in [0.25, 0.3) is 0 Å². The molecule has 1 fully saturated rings. The highest BCUT2D eigenvalue weighted by Gasteiger charge is 2.36. The second-order valence-electron chi connectivity index (χ2n) is 3.13. The van der Waals surface area contributed by atoms with Crippen molar-refractivity contribution >= 4 is 5.78 Å². The molecule has 2 N–H and O–H groups in total. The molecule has 3 heteroatoms. The minimum absolute atomic E-state index is 0.150. The second kappa shape index (κ2) is 3.32. The molecular weight excluding hydrogens is 142 g/mol. The number of hydrogen-bond donors (Lipinski definition) is 1. The van der Waals surface area contributed by atoms with Gasteiger partial charge in [-0.3, -0.25) is 4.79 Å². The number of carbonyl (C=O) groups excluding carboxylic acids is 1. The lowest BCUT2D eigenvalue weighted by Crippen LogP contribution is -2.48. The maximum Gasteiger partial charge on any atom is 0.155 e. The van der Waals surface area contributed by atoms with Gasteiger partial charge in [-0.2, -0.15) is 0 Å². The van der Waals surface area contributed by atoms with Crippen molar-refractivity contribution in [2.45, 2.75) is 31.7 Å². The lowest BCUT2D eigenvalue weighted by Gasteiger charge is -2.18. The molecule has 1 unspecified atom stereocenters. The summed E-state index contributed by atoms with van der Waals surface area (Å²) in [6.07, 6.45) is 2.14. The molecule has 0 bridgehead atoms. The number of hydrogen-bond acceptors (Lipinski definition) is 3. The summed E-state index contributed by atoms with van der Waals surface area (Å²) in [5.74, 6) is 0.150. The zero-order valence-electron chi connectivity index (χ0n) is 6.93. The third-order valence-corrected chi connectivity index (χ3v) is 2.08. The predicted molar refractivity (Wildman–Crippen MR) is 42.3 cm³/mol. The number of nitrogens with two attached hydrogens (primary N) is 1. The van der Waals surface area contributed by atoms with Gasteiger partial charge in [0.05, 0.1) is 6.61 Å². The number of ketones is 1. The Morgan fingerprint density at radius 2 is 2.45 bits per heavy atom. The van der Waals surface area contributed by atoms with Gasteiger partial charge < -0.3 is 10.5 Å². The zero-order valence-corrected chi connectivity index (χ0v) is 6.93. The molecule has 64 valence electrons. The van der Waals surface area contributed by atoms with E-state index in [-0.39, 0.29) is 5.78 Å². The Hall–Kier alpha value is -0.410. The van der Waals surface area contributed by atoms with E-state index >= 15 is 0 Å². The van der Waals surface area contributed by atoms with Gasteiger partial charge in [0, 0.05) is 13.0 Å². The average Bonchev–Trinajstić information content (AvgIpc) is 2.38. The summed E-state index contributed by atoms with van der Waals surface area (Å²) in [6.45, 7) is 3.02. The molecule has 1 rings (SSSR count). The molecule has 1 saturated heterocycles. The summed E-state index contributed by atoms with van der Waals surface area (Å²) in [4.78, 5) is 11.4. The van der Waals surface area contributed by atoms with E-state index in [0.717, 1.165) is 6.42 Å². The molecule has 0 aromatic carbocycles. The fourth-order valence-corrected chi connectivity index (χ4v) is 1.28. The van der Waals surface area contributed by atoms with Gasteiger partial charge in [-0.25, -0.2) is 0 Å². The van der Waals surface area contributed by atoms with Crippen LogP contribution in [-0.2, 0) is 9.53 Å². The van der Waals surface area contributed by atoms with E-state index in [1.54, 1.807) is 0 Å². The van der Waals surface area contributed by atoms with E-state index in [2.05, 4.69) is 0 Å². The van der Waals surface area contributed by atoms with Crippen LogP contribution in [0.1, 0.15) is 26.2 Å². The van der Waals surface area contributed by atoms with Gasteiger partial charge in [0.15, 0.2) is 5.78 Å². The van der Waals surface area contributed by atoms with E-state index < -0.39 is 5.54 Å². The van der Waals surface area contributed by atoms with Crippen LogP contribution >= 0.6 is 0 Å². The van der Waals surface area contributed by atoms with Gasteiger partial charge in [0.1, 0.15) is 5.54 Å². The van der Waals surface area contributed by atoms with Crippen LogP contribution in [0.5, 0.6) is 0 Å². The van der Waals surface area contributed by atoms with Gasteiger partial charge in [0.25, 0.3) is 0 Å². The highest BCUT2D eigenvalue weighted by Crippen LogP contribution is 2.18. The van der Waals surface area contributed by atoms with Crippen molar-refractivity contribution in [1.82, 2.24) is 0 Å². The first-order valence-electron chi connectivity index (χ1n) is 4.09. The Balaban J connectivity index is 2.49. The molecule has 0 aromatic heterocycles. The van der Waals surface area contributed by atoms with Crippen molar-refractivity contribution in [3.05, 3.63) is 0 Å². The van der Waals surface area contributed by atoms with Crippen molar-refractivity contribution in [2.75, 3.05) is 13.2 Å². The Kier molecular flexibility index (Phi) is 2.62. The Morgan fingerprint density at radius 1 is 1.73 bits per heavy atom. The fraction of sp³-hybridized carbons (Fsp3) is 0.875. The fourth-order valence-electron chi connectivity index (χ4n) is 1.28. The van der Waals surface area contributed by atoms with Crippen molar-refractivity contribution in [1.29, 1.82) is 0 Å². The summed E-state index contributed by atoms with van der Waals surface area (Å²) < 4.78 is 5.08. The first kappa shape index (κ1) is 8.68. The van der Waals surface area contributed by atoms with Crippen molar-refractivity contribution < 1.29 is 9.53 Å². The Morgan fingerprint density at radius 3 is 2.91 bits per heavy atom. The number of rotatable bonds is 3. The van der Waals surface area contributed by atoms with E-state index in [1.807, 2.05) is 6.92 Å². The van der Waals surface area contributed by atoms with Crippen molar-refractivity contribution in [3.63, 3.8) is 0 Å². The minimum atomic E-state index is -0.657. The van der Waals surface area contributed by atoms with Gasteiger partial charge in [-0.1, -0.05) is 6.92 Å². The molecule has 1 aliphatic heterocycles. The standard InChI is InChI=1S/C8H15NO2/c1-2-3-7(10)8(9)4-5-11-6-8/h2-6,9H2,1H3. The number of carbonyl (C=O) groups is 1. The molecule has 11 heavy (non-hydrogen) atoms. The summed E-state index contributed by atoms with van der Waals surface area (Å²) >= 11 is 0. The smallest absolute Gasteiger partial charge is 0.155 e. The van der Waals surface area contributed by atoms with Crippen LogP contribution in [0.3, 0.4) is 0 Å². The predicted octanol–water partition coefficient (Wildman–Crippen LogP) is 0.473. The first-order valence-corrected chi connectivity index (χ1v) is 4.09. The van der Waals surface area contributed by atoms with Gasteiger partial charge in [-0.15, -0.1) is 0 Å². The van der Waals surface area contributed by atoms with E-state index in [4.69, 9.17) is 10.5 Å². The highest BCUT2D eigenvalue weighted by molar-refractivity contribution is 5.88. The third-order valence-electron chi connectivity index (χ3n) is 2.08. The molecule has 0 spiro atoms. The monoisotopic (exact) mass is 157 g/mol. The highest BCUT2D eigenvalue weighted by atomic mass is 16.5. The molecule has 0 aliphatic carbocycles. The molecule has 0 saturated carbocycles. The van der Waals surface area contributed by atoms with Gasteiger partial charge >= 0.3 is 0 Å². The lowest BCUT2D eigenvalue weighted by molar-refractivity contribution is -0.124. The van der Waals surface area contributed by atoms with E-state index in [9.17, 15) is 4.79 Å². The lowest BCUT2D eigenvalue weighted by atomic mass is 9.92. The molecule has 0 aromatic rings. The maximum absolute atomic E-state index is 11.4. The van der Waals surface area contributed by atoms with E-state index in [1.165, 1.54) is 0 Å². The van der Waals surface area contributed by atoms with Crippen LogP contribution in [0.15, 0.2) is 0 Å². The van der Waals surface area contributed by atoms with Crippen LogP contribution in [0, 0.1) is 0 Å². The average molecular weight is 157 g/mol. The van der Waals surface area contributed by atoms with Crippen LogP contribution in [-0.4, -0.2) is 24.5 Å². The van der Waals surface area contributed by atoms with Crippen LogP contribution < -0.4 is 5.73 Å². The molecule has 1 aliphatic rings. The van der Waals surface area contributed by atoms with Gasteiger partial charge in [0.2, 0.25) is 0 Å². The Bertz CT molecular complexity index is 150. The zero-order chi connectivity index (χ0) is 8.32. The largest absolute Gasteiger partial charge is 0.379 e. The molecule has 0 amide bonds. The van der Waals surface area contributed by atoms with Crippen molar-refractivity contribution in [3.8, 4) is 0 Å². The Labute approximate surface area is 66.9 Å². The first-order chi connectivity index (χ1) is 5.19. The topological polar surface area (TPSA) is 52.3 Å². The van der Waals surface area contributed by atoms with Crippen molar-refractivity contribution in [2.24, 2.45) is 5.73 Å². The quantitative estimate of drug-likeness (QED) is 0.648. The van der Waals surface area contributed by atoms with Crippen LogP contribution in [0.2, 0.25) is 0 Å². The molecule has 1 atom stereocenters. The molecule has 0 radical (unpaired) electrons. The number of ether oxygens (including phenoxy) is 1. The second-order valence-corrected chi connectivity index (χ2v) is 3.13. The summed E-state index contributed by atoms with van der Waals surface area (Å²) in [5, 5.41) is 0. The summed E-state index contributed by atoms with van der Waals surface area (Å²) in [6, 6.07) is 0. The summed E-state index contributed by atoms with van der Waals surface area (Å²) in [5.41, 5.74) is 5.16. The molecule has 3 nitrogen and oxygen atoms in total. The summed E-state index contributed by atoms with van der Waals surface area (Å²) in [7, 11) is 0. The van der Waals surface area contributed by atoms with E-state index in [0.29, 0.717) is 26.1 Å². The SMILES string of the molecule is CCCC(=O)C1(N)CCOC1. The van der Waals surface area contributed by atoms with Crippen LogP contribution in [0.4, 0.5) is 0 Å². The number of Topliss-reactive ketones (excluding diaryl/α,β-unsaturated/α-hetero) is 1. The normalized spacial score (nSPS) is 30.7. The molecular formula is C8H15NO2. The third kappa shape index (κ3) is 1.79. The van der Waals surface area contributed by atoms with Gasteiger partial charge in [-0.05, 0) is 12.8 Å².